The van der Waals surface area contributed by atoms with E-state index in [0.29, 0.717) is 12.2 Å². The molecule has 1 amide bonds. The van der Waals surface area contributed by atoms with Gasteiger partial charge in [-0.3, -0.25) is 19.7 Å². The summed E-state index contributed by atoms with van der Waals surface area (Å²) in [6.07, 6.45) is 1.50. The van der Waals surface area contributed by atoms with E-state index in [-0.39, 0.29) is 17.3 Å². The Morgan fingerprint density at radius 3 is 2.48 bits per heavy atom. The number of aliphatic carboxylic acids is 1. The second-order valence-corrected chi connectivity index (χ2v) is 6.39. The van der Waals surface area contributed by atoms with Crippen LogP contribution in [0.4, 0.5) is 11.4 Å². The van der Waals surface area contributed by atoms with E-state index in [1.54, 1.807) is 0 Å². The molecule has 8 nitrogen and oxygen atoms in total. The lowest BCUT2D eigenvalue weighted by atomic mass is 10.1. The summed E-state index contributed by atoms with van der Waals surface area (Å²) >= 11 is 0. The lowest BCUT2D eigenvalue weighted by molar-refractivity contribution is -0.384. The lowest BCUT2D eigenvalue weighted by Crippen LogP contribution is -2.37. The minimum Gasteiger partial charge on any atom is -0.480 e. The van der Waals surface area contributed by atoms with Crippen molar-refractivity contribution in [3.05, 3.63) is 69.8 Å². The third-order valence-corrected chi connectivity index (χ3v) is 4.32. The molecule has 1 fully saturated rings. The topological polar surface area (TPSA) is 113 Å². The monoisotopic (exact) mass is 369 g/mol. The summed E-state index contributed by atoms with van der Waals surface area (Å²) in [4.78, 5) is 35.8. The van der Waals surface area contributed by atoms with Crippen LogP contribution in [-0.4, -0.2) is 39.4 Å². The van der Waals surface area contributed by atoms with Crippen molar-refractivity contribution < 1.29 is 19.6 Å². The molecule has 0 spiro atoms. The summed E-state index contributed by atoms with van der Waals surface area (Å²) in [5, 5.41) is 23.5. The van der Waals surface area contributed by atoms with Gasteiger partial charge in [0, 0.05) is 24.2 Å². The molecule has 2 N–H and O–H groups in total. The van der Waals surface area contributed by atoms with Crippen molar-refractivity contribution in [2.24, 2.45) is 0 Å². The van der Waals surface area contributed by atoms with Gasteiger partial charge in [0.15, 0.2) is 0 Å². The number of carbonyl (C=O) groups is 2. The Hall–Kier alpha value is -3.42. The Balaban J connectivity index is 1.81. The maximum absolute atomic E-state index is 12.6. The van der Waals surface area contributed by atoms with Crippen LogP contribution in [-0.2, 0) is 11.3 Å². The molecule has 8 heteroatoms. The van der Waals surface area contributed by atoms with Crippen LogP contribution in [0, 0.1) is 10.1 Å². The summed E-state index contributed by atoms with van der Waals surface area (Å²) in [6, 6.07) is 13.5. The highest BCUT2D eigenvalue weighted by Gasteiger charge is 2.35. The van der Waals surface area contributed by atoms with Gasteiger partial charge >= 0.3 is 5.97 Å². The van der Waals surface area contributed by atoms with Crippen LogP contribution in [0.15, 0.2) is 48.5 Å². The van der Waals surface area contributed by atoms with Crippen LogP contribution >= 0.6 is 0 Å². The van der Waals surface area contributed by atoms with E-state index in [0.717, 1.165) is 18.4 Å². The van der Waals surface area contributed by atoms with E-state index in [4.69, 9.17) is 5.11 Å². The number of rotatable bonds is 8. The first-order valence-corrected chi connectivity index (χ1v) is 8.54. The molecule has 0 saturated heterocycles. The van der Waals surface area contributed by atoms with Crippen LogP contribution in [0.1, 0.15) is 28.8 Å². The number of hydrogen-bond acceptors (Lipinski definition) is 5. The molecule has 0 aromatic heterocycles. The average Bonchev–Trinajstić information content (AvgIpc) is 3.49. The standard InChI is InChI=1S/C19H19N3O5/c23-18(24)12-21(15-7-8-15)19(25)14-6-9-16(17(10-14)22(26)27)20-11-13-4-2-1-3-5-13/h1-6,9-10,15,20H,7-8,11-12H2,(H,23,24). The first kappa shape index (κ1) is 18.4. The smallest absolute Gasteiger partial charge is 0.323 e. The van der Waals surface area contributed by atoms with Crippen LogP contribution in [0.5, 0.6) is 0 Å². The fourth-order valence-corrected chi connectivity index (χ4v) is 2.82. The van der Waals surface area contributed by atoms with Crippen molar-refractivity contribution in [3.63, 3.8) is 0 Å². The number of benzene rings is 2. The van der Waals surface area contributed by atoms with Gasteiger partial charge in [-0.15, -0.1) is 0 Å². The number of carboxylic acid groups (broad SMARTS) is 1. The second kappa shape index (κ2) is 7.86. The van der Waals surface area contributed by atoms with Crippen molar-refractivity contribution >= 4 is 23.3 Å². The van der Waals surface area contributed by atoms with Crippen LogP contribution in [0.25, 0.3) is 0 Å². The van der Waals surface area contributed by atoms with E-state index in [9.17, 15) is 19.7 Å². The Morgan fingerprint density at radius 2 is 1.89 bits per heavy atom. The van der Waals surface area contributed by atoms with Gasteiger partial charge in [0.25, 0.3) is 11.6 Å². The molecule has 1 saturated carbocycles. The Labute approximate surface area is 155 Å². The average molecular weight is 369 g/mol. The van der Waals surface area contributed by atoms with Crippen molar-refractivity contribution in [1.29, 1.82) is 0 Å². The Kier molecular flexibility index (Phi) is 5.35. The lowest BCUT2D eigenvalue weighted by Gasteiger charge is -2.20. The number of carbonyl (C=O) groups excluding carboxylic acids is 1. The number of nitro groups is 1. The van der Waals surface area contributed by atoms with Gasteiger partial charge in [-0.05, 0) is 30.5 Å². The molecule has 0 aliphatic heterocycles. The third kappa shape index (κ3) is 4.60. The van der Waals surface area contributed by atoms with Crippen LogP contribution in [0.2, 0.25) is 0 Å². The quantitative estimate of drug-likeness (QED) is 0.546. The van der Waals surface area contributed by atoms with E-state index >= 15 is 0 Å². The minimum absolute atomic E-state index is 0.108. The maximum Gasteiger partial charge on any atom is 0.323 e. The van der Waals surface area contributed by atoms with Gasteiger partial charge in [-0.1, -0.05) is 30.3 Å². The minimum atomic E-state index is -1.11. The molecule has 1 aliphatic carbocycles. The molecule has 0 heterocycles. The molecule has 0 bridgehead atoms. The summed E-state index contributed by atoms with van der Waals surface area (Å²) in [7, 11) is 0. The van der Waals surface area contributed by atoms with Crippen molar-refractivity contribution in [3.8, 4) is 0 Å². The van der Waals surface area contributed by atoms with E-state index in [1.807, 2.05) is 30.3 Å². The molecule has 0 unspecified atom stereocenters. The third-order valence-electron chi connectivity index (χ3n) is 4.32. The van der Waals surface area contributed by atoms with Crippen LogP contribution < -0.4 is 5.32 Å². The zero-order valence-corrected chi connectivity index (χ0v) is 14.5. The summed E-state index contributed by atoms with van der Waals surface area (Å²) in [5.41, 5.74) is 1.16. The molecule has 0 atom stereocenters. The first-order chi connectivity index (χ1) is 13.0. The molecular formula is C19H19N3O5. The molecule has 27 heavy (non-hydrogen) atoms. The highest BCUT2D eigenvalue weighted by atomic mass is 16.6. The predicted molar refractivity (Wildman–Crippen MR) is 98.6 cm³/mol. The van der Waals surface area contributed by atoms with E-state index in [2.05, 4.69) is 5.32 Å². The number of carboxylic acids is 1. The van der Waals surface area contributed by atoms with Gasteiger partial charge in [0.05, 0.1) is 4.92 Å². The molecule has 3 rings (SSSR count). The van der Waals surface area contributed by atoms with Gasteiger partial charge in [0.2, 0.25) is 0 Å². The normalized spacial score (nSPS) is 13.0. The number of anilines is 1. The number of nitro benzene ring substituents is 1. The maximum atomic E-state index is 12.6. The predicted octanol–water partition coefficient (Wildman–Crippen LogP) is 2.90. The van der Waals surface area contributed by atoms with Gasteiger partial charge < -0.3 is 15.3 Å². The number of hydrogen-bond donors (Lipinski definition) is 2. The van der Waals surface area contributed by atoms with Crippen molar-refractivity contribution in [2.75, 3.05) is 11.9 Å². The fourth-order valence-electron chi connectivity index (χ4n) is 2.82. The highest BCUT2D eigenvalue weighted by molar-refractivity contribution is 5.97. The molecule has 140 valence electrons. The largest absolute Gasteiger partial charge is 0.480 e. The number of nitrogens with zero attached hydrogens (tertiary/aromatic N) is 2. The number of amides is 1. The van der Waals surface area contributed by atoms with Crippen LogP contribution in [0.3, 0.4) is 0 Å². The molecule has 2 aromatic rings. The SMILES string of the molecule is O=C(O)CN(C(=O)c1ccc(NCc2ccccc2)c([N+](=O)[O-])c1)C1CC1. The Morgan fingerprint density at radius 1 is 1.19 bits per heavy atom. The Bertz CT molecular complexity index is 865. The zero-order valence-electron chi connectivity index (χ0n) is 14.5. The molecule has 2 aromatic carbocycles. The second-order valence-electron chi connectivity index (χ2n) is 6.39. The van der Waals surface area contributed by atoms with Crippen molar-refractivity contribution in [1.82, 2.24) is 4.90 Å². The fraction of sp³-hybridized carbons (Fsp3) is 0.263. The van der Waals surface area contributed by atoms with Gasteiger partial charge in [-0.2, -0.15) is 0 Å². The van der Waals surface area contributed by atoms with E-state index < -0.39 is 23.3 Å². The zero-order chi connectivity index (χ0) is 19.4. The van der Waals surface area contributed by atoms with E-state index in [1.165, 1.54) is 23.1 Å². The van der Waals surface area contributed by atoms with Crippen molar-refractivity contribution in [2.45, 2.75) is 25.4 Å². The number of nitrogens with one attached hydrogen (secondary N) is 1. The van der Waals surface area contributed by atoms with Gasteiger partial charge in [0.1, 0.15) is 12.2 Å². The molecule has 0 radical (unpaired) electrons. The summed E-state index contributed by atoms with van der Waals surface area (Å²) in [6.45, 7) is -0.00646. The highest BCUT2D eigenvalue weighted by Crippen LogP contribution is 2.31. The molecule has 1 aliphatic rings. The summed E-state index contributed by atoms with van der Waals surface area (Å²) < 4.78 is 0. The first-order valence-electron chi connectivity index (χ1n) is 8.54. The molecular weight excluding hydrogens is 350 g/mol. The summed E-state index contributed by atoms with van der Waals surface area (Å²) in [5.74, 6) is -1.61. The van der Waals surface area contributed by atoms with Gasteiger partial charge in [-0.25, -0.2) is 0 Å².